The van der Waals surface area contributed by atoms with E-state index in [0.29, 0.717) is 10.7 Å². The van der Waals surface area contributed by atoms with E-state index in [9.17, 15) is 0 Å². The number of hydrogen-bond donors (Lipinski definition) is 1. The first-order valence-electron chi connectivity index (χ1n) is 2.62. The van der Waals surface area contributed by atoms with Crippen LogP contribution in [0.1, 0.15) is 0 Å². The van der Waals surface area contributed by atoms with Gasteiger partial charge in [0.1, 0.15) is 17.3 Å². The van der Waals surface area contributed by atoms with Crippen molar-refractivity contribution < 1.29 is 0 Å². The molecule has 0 aromatic heterocycles. The van der Waals surface area contributed by atoms with Crippen LogP contribution in [-0.2, 0) is 0 Å². The molecule has 0 saturated carbocycles. The summed E-state index contributed by atoms with van der Waals surface area (Å²) < 4.78 is 0. The van der Waals surface area contributed by atoms with Crippen molar-refractivity contribution in [2.45, 2.75) is 5.50 Å². The van der Waals surface area contributed by atoms with Gasteiger partial charge in [-0.25, -0.2) is 0 Å². The van der Waals surface area contributed by atoms with Crippen molar-refractivity contribution in [3.8, 4) is 6.07 Å². The Hall–Kier alpha value is -0.650. The van der Waals surface area contributed by atoms with Gasteiger partial charge in [0.25, 0.3) is 0 Å². The summed E-state index contributed by atoms with van der Waals surface area (Å²) >= 11 is 11.2. The van der Waals surface area contributed by atoms with Crippen LogP contribution in [0.4, 0.5) is 0 Å². The second-order valence-electron chi connectivity index (χ2n) is 1.74. The highest BCUT2D eigenvalue weighted by atomic mass is 35.5. The number of rotatable bonds is 0. The normalized spacial score (nSPS) is 23.9. The van der Waals surface area contributed by atoms with E-state index in [-0.39, 0.29) is 5.50 Å². The molecule has 1 heterocycles. The van der Waals surface area contributed by atoms with Gasteiger partial charge in [-0.1, -0.05) is 23.2 Å². The van der Waals surface area contributed by atoms with Crippen LogP contribution in [0.5, 0.6) is 0 Å². The third-order valence-electron chi connectivity index (χ3n) is 1.04. The molecule has 1 aliphatic rings. The van der Waals surface area contributed by atoms with Crippen LogP contribution in [0.15, 0.2) is 22.9 Å². The maximum atomic E-state index is 8.43. The second kappa shape index (κ2) is 2.96. The quantitative estimate of drug-likeness (QED) is 0.449. The molecule has 0 aliphatic carbocycles. The lowest BCUT2D eigenvalue weighted by molar-refractivity contribution is 0.859. The van der Waals surface area contributed by atoms with Gasteiger partial charge in [0.05, 0.1) is 5.03 Å². The van der Waals surface area contributed by atoms with Gasteiger partial charge in [-0.2, -0.15) is 5.26 Å². The van der Waals surface area contributed by atoms with E-state index in [1.54, 1.807) is 12.2 Å². The minimum atomic E-state index is -0.322. The van der Waals surface area contributed by atoms with E-state index in [1.165, 1.54) is 0 Å². The average molecular weight is 175 g/mol. The molecule has 0 saturated heterocycles. The fraction of sp³-hybridized carbons (Fsp3) is 0.167. The van der Waals surface area contributed by atoms with Crippen molar-refractivity contribution in [1.29, 1.82) is 5.26 Å². The van der Waals surface area contributed by atoms with Crippen molar-refractivity contribution in [2.24, 2.45) is 0 Å². The Kier molecular flexibility index (Phi) is 2.21. The standard InChI is InChI=1S/C6H4Cl2N2/c7-4-1-2-6(8)10-5(4)3-9/h1-2,6,10H. The number of allylic oxidation sites excluding steroid dienone is 3. The number of alkyl halides is 1. The molecule has 0 radical (unpaired) electrons. The number of nitrogens with zero attached hydrogens (tertiary/aromatic N) is 1. The van der Waals surface area contributed by atoms with E-state index in [0.717, 1.165) is 0 Å². The summed E-state index contributed by atoms with van der Waals surface area (Å²) in [6, 6.07) is 1.88. The summed E-state index contributed by atoms with van der Waals surface area (Å²) in [7, 11) is 0. The maximum absolute atomic E-state index is 8.43. The van der Waals surface area contributed by atoms with Gasteiger partial charge in [0, 0.05) is 0 Å². The Labute approximate surface area is 68.7 Å². The highest BCUT2D eigenvalue weighted by Crippen LogP contribution is 2.15. The van der Waals surface area contributed by atoms with E-state index < -0.39 is 0 Å². The first-order valence-corrected chi connectivity index (χ1v) is 3.44. The molecule has 0 fully saturated rings. The Morgan fingerprint density at radius 3 is 2.90 bits per heavy atom. The average Bonchev–Trinajstić information content (AvgIpc) is 1.94. The van der Waals surface area contributed by atoms with E-state index >= 15 is 0 Å². The summed E-state index contributed by atoms with van der Waals surface area (Å²) in [4.78, 5) is 0. The van der Waals surface area contributed by atoms with Gasteiger partial charge in [-0.3, -0.25) is 0 Å². The van der Waals surface area contributed by atoms with E-state index in [1.807, 2.05) is 6.07 Å². The predicted octanol–water partition coefficient (Wildman–Crippen LogP) is 1.68. The van der Waals surface area contributed by atoms with Crippen molar-refractivity contribution >= 4 is 23.2 Å². The summed E-state index contributed by atoms with van der Waals surface area (Å²) in [5.74, 6) is 0. The van der Waals surface area contributed by atoms with Crippen molar-refractivity contribution in [3.63, 3.8) is 0 Å². The summed E-state index contributed by atoms with van der Waals surface area (Å²) in [5, 5.41) is 11.5. The predicted molar refractivity (Wildman–Crippen MR) is 40.4 cm³/mol. The van der Waals surface area contributed by atoms with Crippen LogP contribution < -0.4 is 5.32 Å². The Balaban J connectivity index is 2.87. The van der Waals surface area contributed by atoms with Gasteiger partial charge in [0.15, 0.2) is 0 Å². The maximum Gasteiger partial charge on any atom is 0.133 e. The van der Waals surface area contributed by atoms with Crippen LogP contribution >= 0.6 is 23.2 Å². The molecular weight excluding hydrogens is 171 g/mol. The van der Waals surface area contributed by atoms with Gasteiger partial charge in [0.2, 0.25) is 0 Å². The third-order valence-corrected chi connectivity index (χ3v) is 1.61. The Morgan fingerprint density at radius 1 is 1.70 bits per heavy atom. The van der Waals surface area contributed by atoms with Gasteiger partial charge in [-0.15, -0.1) is 0 Å². The molecule has 1 N–H and O–H groups in total. The highest BCUT2D eigenvalue weighted by Gasteiger charge is 2.09. The SMILES string of the molecule is N#CC1=C(Cl)C=CC(Cl)N1. The molecule has 0 amide bonds. The minimum absolute atomic E-state index is 0.322. The summed E-state index contributed by atoms with van der Waals surface area (Å²) in [6.45, 7) is 0. The van der Waals surface area contributed by atoms with E-state index in [2.05, 4.69) is 5.32 Å². The van der Waals surface area contributed by atoms with E-state index in [4.69, 9.17) is 28.5 Å². The zero-order valence-corrected chi connectivity index (χ0v) is 6.45. The monoisotopic (exact) mass is 174 g/mol. The lowest BCUT2D eigenvalue weighted by Gasteiger charge is -2.12. The molecule has 0 spiro atoms. The van der Waals surface area contributed by atoms with Gasteiger partial charge >= 0.3 is 0 Å². The molecule has 4 heteroatoms. The lowest BCUT2D eigenvalue weighted by Crippen LogP contribution is -2.23. The molecule has 52 valence electrons. The number of halogens is 2. The van der Waals surface area contributed by atoms with Crippen LogP contribution in [0.25, 0.3) is 0 Å². The number of dihydropyridines is 1. The molecule has 1 aliphatic heterocycles. The fourth-order valence-corrected chi connectivity index (χ4v) is 0.944. The number of hydrogen-bond acceptors (Lipinski definition) is 2. The number of nitriles is 1. The van der Waals surface area contributed by atoms with Crippen LogP contribution in [0.3, 0.4) is 0 Å². The van der Waals surface area contributed by atoms with Gasteiger partial charge in [-0.05, 0) is 12.2 Å². The molecule has 1 rings (SSSR count). The minimum Gasteiger partial charge on any atom is -0.356 e. The van der Waals surface area contributed by atoms with Crippen LogP contribution in [0, 0.1) is 11.3 Å². The highest BCUT2D eigenvalue weighted by molar-refractivity contribution is 6.32. The van der Waals surface area contributed by atoms with Crippen LogP contribution in [-0.4, -0.2) is 5.50 Å². The van der Waals surface area contributed by atoms with Crippen molar-refractivity contribution in [2.75, 3.05) is 0 Å². The molecular formula is C6H4Cl2N2. The zero-order valence-electron chi connectivity index (χ0n) is 4.94. The lowest BCUT2D eigenvalue weighted by atomic mass is 10.3. The largest absolute Gasteiger partial charge is 0.356 e. The third kappa shape index (κ3) is 1.44. The van der Waals surface area contributed by atoms with Gasteiger partial charge < -0.3 is 5.32 Å². The molecule has 0 aromatic carbocycles. The molecule has 1 atom stereocenters. The zero-order chi connectivity index (χ0) is 7.56. The molecule has 10 heavy (non-hydrogen) atoms. The van der Waals surface area contributed by atoms with Crippen molar-refractivity contribution in [3.05, 3.63) is 22.9 Å². The Morgan fingerprint density at radius 2 is 2.40 bits per heavy atom. The van der Waals surface area contributed by atoms with Crippen molar-refractivity contribution in [1.82, 2.24) is 5.32 Å². The van der Waals surface area contributed by atoms with Crippen LogP contribution in [0.2, 0.25) is 0 Å². The second-order valence-corrected chi connectivity index (χ2v) is 2.62. The fourth-order valence-electron chi connectivity index (χ4n) is 0.593. The molecule has 0 aromatic rings. The topological polar surface area (TPSA) is 35.8 Å². The summed E-state index contributed by atoms with van der Waals surface area (Å²) in [6.07, 6.45) is 3.28. The first kappa shape index (κ1) is 7.46. The summed E-state index contributed by atoms with van der Waals surface area (Å²) in [5.41, 5.74) is 0.00122. The molecule has 0 bridgehead atoms. The smallest absolute Gasteiger partial charge is 0.133 e. The molecule has 1 unspecified atom stereocenters. The number of nitrogens with one attached hydrogen (secondary N) is 1. The first-order chi connectivity index (χ1) is 4.74. The Bertz CT molecular complexity index is 237. The molecule has 2 nitrogen and oxygen atoms in total.